The smallest absolute Gasteiger partial charge is 0.300 e. The Balaban J connectivity index is 1.94. The molecule has 1 amide bonds. The number of benzene rings is 3. The first kappa shape index (κ1) is 24.8. The molecule has 3 aromatic carbocycles. The third-order valence-electron chi connectivity index (χ3n) is 6.01. The zero-order valence-corrected chi connectivity index (χ0v) is 22.0. The Morgan fingerprint density at radius 2 is 1.74 bits per heavy atom. The van der Waals surface area contributed by atoms with Crippen LogP contribution in [0.5, 0.6) is 5.75 Å². The van der Waals surface area contributed by atoms with Crippen molar-refractivity contribution in [2.75, 3.05) is 31.0 Å². The summed E-state index contributed by atoms with van der Waals surface area (Å²) in [6, 6.07) is 16.8. The normalized spacial score (nSPS) is 17.1. The number of hydrogen-bond donors (Lipinski definition) is 1. The lowest BCUT2D eigenvalue weighted by Gasteiger charge is -2.26. The highest BCUT2D eigenvalue weighted by Gasteiger charge is 2.47. The number of ether oxygens (including phenoxy) is 1. The highest BCUT2D eigenvalue weighted by atomic mass is 79.9. The fourth-order valence-corrected chi connectivity index (χ4v) is 4.62. The van der Waals surface area contributed by atoms with Crippen LogP contribution in [0.4, 0.5) is 11.4 Å². The molecule has 1 unspecified atom stereocenters. The first-order valence-corrected chi connectivity index (χ1v) is 12.0. The molecule has 1 aliphatic heterocycles. The number of anilines is 2. The van der Waals surface area contributed by atoms with Crippen LogP contribution in [0.25, 0.3) is 5.76 Å². The number of halogens is 2. The number of ketones is 1. The van der Waals surface area contributed by atoms with Crippen molar-refractivity contribution >= 4 is 56.4 Å². The van der Waals surface area contributed by atoms with Gasteiger partial charge < -0.3 is 14.7 Å². The van der Waals surface area contributed by atoms with Gasteiger partial charge in [0.15, 0.2) is 0 Å². The van der Waals surface area contributed by atoms with Crippen LogP contribution in [0.2, 0.25) is 5.02 Å². The van der Waals surface area contributed by atoms with E-state index in [4.69, 9.17) is 16.3 Å². The van der Waals surface area contributed by atoms with E-state index in [0.717, 1.165) is 15.7 Å². The van der Waals surface area contributed by atoms with Gasteiger partial charge in [0.05, 0.1) is 23.7 Å². The highest BCUT2D eigenvalue weighted by molar-refractivity contribution is 9.10. The minimum atomic E-state index is -0.848. The number of aliphatic hydroxyl groups excluding tert-OH is 1. The van der Waals surface area contributed by atoms with E-state index >= 15 is 0 Å². The fraction of sp³-hybridized carbons (Fsp3) is 0.185. The minimum Gasteiger partial charge on any atom is -0.507 e. The van der Waals surface area contributed by atoms with Crippen LogP contribution in [0.1, 0.15) is 22.7 Å². The summed E-state index contributed by atoms with van der Waals surface area (Å²) < 4.78 is 6.11. The number of nitrogens with zero attached hydrogens (tertiary/aromatic N) is 2. The standard InChI is InChI=1S/C27H24BrClN2O4/c1-15-13-17(7-11-20(15)28)25(32)23-24(16-5-8-18(9-6-16)30(2)3)31(27(34)26(23)33)19-10-12-22(35-4)21(29)14-19/h5-14,24,32H,1-4H3/b25-23+. The van der Waals surface area contributed by atoms with Gasteiger partial charge in [0, 0.05) is 35.5 Å². The van der Waals surface area contributed by atoms with Gasteiger partial charge in [-0.05, 0) is 60.5 Å². The lowest BCUT2D eigenvalue weighted by atomic mass is 9.94. The summed E-state index contributed by atoms with van der Waals surface area (Å²) in [5.41, 5.74) is 3.41. The van der Waals surface area contributed by atoms with Crippen molar-refractivity contribution in [1.29, 1.82) is 0 Å². The first-order valence-electron chi connectivity index (χ1n) is 10.8. The van der Waals surface area contributed by atoms with Crippen LogP contribution in [-0.2, 0) is 9.59 Å². The Kier molecular flexibility index (Phi) is 6.92. The summed E-state index contributed by atoms with van der Waals surface area (Å²) in [6.45, 7) is 1.89. The number of amides is 1. The summed E-state index contributed by atoms with van der Waals surface area (Å²) in [6.07, 6.45) is 0. The molecule has 1 heterocycles. The number of aliphatic hydroxyl groups is 1. The molecule has 8 heteroatoms. The van der Waals surface area contributed by atoms with E-state index in [1.807, 2.05) is 50.2 Å². The molecule has 0 bridgehead atoms. The third kappa shape index (κ3) is 4.54. The Morgan fingerprint density at radius 1 is 1.06 bits per heavy atom. The maximum atomic E-state index is 13.3. The quantitative estimate of drug-likeness (QED) is 0.234. The van der Waals surface area contributed by atoms with Crippen LogP contribution >= 0.6 is 27.5 Å². The summed E-state index contributed by atoms with van der Waals surface area (Å²) in [5.74, 6) is -1.30. The number of rotatable bonds is 5. The molecule has 1 saturated heterocycles. The second kappa shape index (κ2) is 9.76. The number of carbonyl (C=O) groups is 2. The highest BCUT2D eigenvalue weighted by Crippen LogP contribution is 2.44. The summed E-state index contributed by atoms with van der Waals surface area (Å²) in [4.78, 5) is 30.0. The van der Waals surface area contributed by atoms with Gasteiger partial charge in [-0.1, -0.05) is 45.7 Å². The number of hydrogen-bond acceptors (Lipinski definition) is 5. The minimum absolute atomic E-state index is 0.0151. The Labute approximate surface area is 217 Å². The van der Waals surface area contributed by atoms with Crippen LogP contribution in [0, 0.1) is 6.92 Å². The van der Waals surface area contributed by atoms with Crippen LogP contribution in [0.15, 0.2) is 70.7 Å². The average molecular weight is 556 g/mol. The number of aryl methyl sites for hydroxylation is 1. The van der Waals surface area contributed by atoms with E-state index in [0.29, 0.717) is 27.6 Å². The second-order valence-corrected chi connectivity index (χ2v) is 9.70. The van der Waals surface area contributed by atoms with Crippen molar-refractivity contribution in [3.05, 3.63) is 92.4 Å². The predicted molar refractivity (Wildman–Crippen MR) is 142 cm³/mol. The van der Waals surface area contributed by atoms with Gasteiger partial charge in [-0.3, -0.25) is 14.5 Å². The van der Waals surface area contributed by atoms with Gasteiger partial charge >= 0.3 is 0 Å². The van der Waals surface area contributed by atoms with Crippen molar-refractivity contribution in [2.24, 2.45) is 0 Å². The van der Waals surface area contributed by atoms with Crippen molar-refractivity contribution < 1.29 is 19.4 Å². The summed E-state index contributed by atoms with van der Waals surface area (Å²) in [5, 5.41) is 11.6. The molecule has 35 heavy (non-hydrogen) atoms. The van der Waals surface area contributed by atoms with Gasteiger partial charge in [0.2, 0.25) is 0 Å². The molecule has 6 nitrogen and oxygen atoms in total. The van der Waals surface area contributed by atoms with E-state index < -0.39 is 17.7 Å². The number of carbonyl (C=O) groups excluding carboxylic acids is 2. The van der Waals surface area contributed by atoms with Gasteiger partial charge in [-0.2, -0.15) is 0 Å². The molecule has 0 saturated carbocycles. The zero-order valence-electron chi connectivity index (χ0n) is 19.7. The Bertz CT molecular complexity index is 1350. The van der Waals surface area contributed by atoms with E-state index in [1.54, 1.807) is 36.4 Å². The van der Waals surface area contributed by atoms with Gasteiger partial charge in [0.25, 0.3) is 11.7 Å². The fourth-order valence-electron chi connectivity index (χ4n) is 4.12. The molecular weight excluding hydrogens is 532 g/mol. The monoisotopic (exact) mass is 554 g/mol. The van der Waals surface area contributed by atoms with Gasteiger partial charge in [-0.25, -0.2) is 0 Å². The number of methoxy groups -OCH3 is 1. The molecular formula is C27H24BrClN2O4. The van der Waals surface area contributed by atoms with Gasteiger partial charge in [0.1, 0.15) is 11.5 Å². The van der Waals surface area contributed by atoms with E-state index in [9.17, 15) is 14.7 Å². The Morgan fingerprint density at radius 3 is 2.31 bits per heavy atom. The lowest BCUT2D eigenvalue weighted by molar-refractivity contribution is -0.132. The molecule has 180 valence electrons. The molecule has 0 spiro atoms. The van der Waals surface area contributed by atoms with Crippen molar-refractivity contribution in [3.8, 4) is 5.75 Å². The third-order valence-corrected chi connectivity index (χ3v) is 7.20. The largest absolute Gasteiger partial charge is 0.507 e. The van der Waals surface area contributed by atoms with E-state index in [2.05, 4.69) is 15.9 Å². The predicted octanol–water partition coefficient (Wildman–Crippen LogP) is 6.11. The van der Waals surface area contributed by atoms with E-state index in [-0.39, 0.29) is 11.3 Å². The van der Waals surface area contributed by atoms with Crippen molar-refractivity contribution in [2.45, 2.75) is 13.0 Å². The molecule has 0 radical (unpaired) electrons. The molecule has 1 N–H and O–H groups in total. The zero-order chi connectivity index (χ0) is 25.4. The van der Waals surface area contributed by atoms with Crippen molar-refractivity contribution in [3.63, 3.8) is 0 Å². The average Bonchev–Trinajstić information content (AvgIpc) is 3.10. The first-order chi connectivity index (χ1) is 16.6. The summed E-state index contributed by atoms with van der Waals surface area (Å²) in [7, 11) is 5.35. The second-order valence-electron chi connectivity index (χ2n) is 8.44. The molecule has 1 fully saturated rings. The molecule has 1 atom stereocenters. The molecule has 3 aromatic rings. The van der Waals surface area contributed by atoms with Gasteiger partial charge in [-0.15, -0.1) is 0 Å². The Hall–Kier alpha value is -3.29. The van der Waals surface area contributed by atoms with Crippen LogP contribution in [-0.4, -0.2) is 38.0 Å². The lowest BCUT2D eigenvalue weighted by Crippen LogP contribution is -2.29. The molecule has 0 aromatic heterocycles. The maximum Gasteiger partial charge on any atom is 0.300 e. The molecule has 4 rings (SSSR count). The van der Waals surface area contributed by atoms with Crippen molar-refractivity contribution in [1.82, 2.24) is 0 Å². The number of Topliss-reactive ketones (excluding diaryl/α,β-unsaturated/α-hetero) is 1. The molecule has 0 aliphatic carbocycles. The molecule has 1 aliphatic rings. The summed E-state index contributed by atoms with van der Waals surface area (Å²) >= 11 is 9.80. The van der Waals surface area contributed by atoms with Crippen LogP contribution in [0.3, 0.4) is 0 Å². The maximum absolute atomic E-state index is 13.3. The van der Waals surface area contributed by atoms with E-state index in [1.165, 1.54) is 12.0 Å². The topological polar surface area (TPSA) is 70.1 Å². The van der Waals surface area contributed by atoms with Crippen LogP contribution < -0.4 is 14.5 Å². The SMILES string of the molecule is COc1ccc(N2C(=O)C(=O)/C(=C(/O)c3ccc(Br)c(C)c3)C2c2ccc(N(C)C)cc2)cc1Cl.